The number of nitrogens with zero attached hydrogens (tertiary/aromatic N) is 1. The largest absolute Gasteiger partial charge is 0.240 e. The van der Waals surface area contributed by atoms with Crippen LogP contribution in [0, 0.1) is 0 Å². The fraction of sp³-hybridized carbons (Fsp3) is 0.182. The maximum atomic E-state index is 5.95. The van der Waals surface area contributed by atoms with E-state index >= 15 is 0 Å². The summed E-state index contributed by atoms with van der Waals surface area (Å²) >= 11 is 7.56. The normalized spacial score (nSPS) is 12.7. The highest BCUT2D eigenvalue weighted by molar-refractivity contribution is 7.10. The molecule has 1 aromatic carbocycles. The molecule has 0 bridgehead atoms. The molecule has 1 atom stereocenters. The number of hydrogen-bond donors (Lipinski definition) is 0. The van der Waals surface area contributed by atoms with Crippen LogP contribution in [0.3, 0.4) is 0 Å². The van der Waals surface area contributed by atoms with Crippen molar-refractivity contribution in [2.45, 2.75) is 12.3 Å². The molecule has 0 aliphatic rings. The zero-order valence-electron chi connectivity index (χ0n) is 7.77. The van der Waals surface area contributed by atoms with Crippen molar-refractivity contribution < 1.29 is 0 Å². The van der Waals surface area contributed by atoms with Crippen molar-refractivity contribution in [3.63, 3.8) is 0 Å². The monoisotopic (exact) mass is 223 g/mol. The summed E-state index contributed by atoms with van der Waals surface area (Å²) in [5.74, 6) is 0. The van der Waals surface area contributed by atoms with Gasteiger partial charge in [-0.1, -0.05) is 30.3 Å². The van der Waals surface area contributed by atoms with E-state index in [2.05, 4.69) is 17.1 Å². The van der Waals surface area contributed by atoms with Gasteiger partial charge in [0, 0.05) is 10.9 Å². The topological polar surface area (TPSA) is 12.9 Å². The summed E-state index contributed by atoms with van der Waals surface area (Å²) in [4.78, 5) is 4.47. The highest BCUT2D eigenvalue weighted by Crippen LogP contribution is 2.27. The van der Waals surface area contributed by atoms with E-state index < -0.39 is 0 Å². The number of benzene rings is 1. The van der Waals surface area contributed by atoms with Gasteiger partial charge >= 0.3 is 0 Å². The molecule has 0 aliphatic heterocycles. The number of rotatable bonds is 2. The third-order valence-corrected chi connectivity index (χ3v) is 3.30. The second kappa shape index (κ2) is 4.11. The Morgan fingerprint density at radius 3 is 2.57 bits per heavy atom. The van der Waals surface area contributed by atoms with Crippen molar-refractivity contribution in [2.24, 2.45) is 0 Å². The van der Waals surface area contributed by atoms with Crippen LogP contribution >= 0.6 is 22.9 Å². The molecule has 1 unspecified atom stereocenters. The number of aromatic nitrogens is 1. The van der Waals surface area contributed by atoms with Gasteiger partial charge in [0.2, 0.25) is 0 Å². The molecule has 1 nitrogen and oxygen atoms in total. The molecule has 2 aromatic rings. The molecule has 1 aromatic heterocycles. The Morgan fingerprint density at radius 2 is 2.00 bits per heavy atom. The molecule has 0 saturated heterocycles. The Bertz CT molecular complexity index is 408. The number of halogens is 1. The Balaban J connectivity index is 2.34. The van der Waals surface area contributed by atoms with Gasteiger partial charge < -0.3 is 0 Å². The van der Waals surface area contributed by atoms with Gasteiger partial charge in [0.25, 0.3) is 0 Å². The van der Waals surface area contributed by atoms with Gasteiger partial charge in [0.05, 0.1) is 11.1 Å². The van der Waals surface area contributed by atoms with Gasteiger partial charge in [-0.15, -0.1) is 22.9 Å². The van der Waals surface area contributed by atoms with E-state index in [1.165, 1.54) is 0 Å². The second-order valence-corrected chi connectivity index (χ2v) is 4.60. The molecule has 0 aliphatic carbocycles. The maximum absolute atomic E-state index is 5.95. The highest BCUT2D eigenvalue weighted by atomic mass is 35.5. The van der Waals surface area contributed by atoms with Gasteiger partial charge in [0.15, 0.2) is 0 Å². The van der Waals surface area contributed by atoms with Gasteiger partial charge in [-0.25, -0.2) is 4.98 Å². The Morgan fingerprint density at radius 1 is 1.29 bits per heavy atom. The first-order valence-electron chi connectivity index (χ1n) is 4.42. The van der Waals surface area contributed by atoms with E-state index in [0.29, 0.717) is 0 Å². The molecule has 72 valence electrons. The summed E-state index contributed by atoms with van der Waals surface area (Å²) in [6.07, 6.45) is 0. The number of alkyl halides is 1. The number of thiazole rings is 1. The summed E-state index contributed by atoms with van der Waals surface area (Å²) < 4.78 is 0. The first-order valence-corrected chi connectivity index (χ1v) is 5.74. The molecule has 2 rings (SSSR count). The predicted molar refractivity (Wildman–Crippen MR) is 61.8 cm³/mol. The smallest absolute Gasteiger partial charge is 0.111 e. The van der Waals surface area contributed by atoms with E-state index in [9.17, 15) is 0 Å². The molecule has 14 heavy (non-hydrogen) atoms. The molecule has 0 saturated carbocycles. The van der Waals surface area contributed by atoms with Gasteiger partial charge in [-0.3, -0.25) is 0 Å². The molecular weight excluding hydrogens is 214 g/mol. The average molecular weight is 224 g/mol. The molecule has 1 heterocycles. The molecule has 0 fully saturated rings. The Labute approximate surface area is 92.4 Å². The van der Waals surface area contributed by atoms with Gasteiger partial charge in [-0.05, 0) is 6.92 Å². The van der Waals surface area contributed by atoms with Crippen LogP contribution in [-0.2, 0) is 0 Å². The SMILES string of the molecule is CC(Cl)c1nc(-c2ccccc2)cs1. The Kier molecular flexibility index (Phi) is 2.85. The van der Waals surface area contributed by atoms with Crippen molar-refractivity contribution in [1.82, 2.24) is 4.98 Å². The van der Waals surface area contributed by atoms with E-state index in [0.717, 1.165) is 16.3 Å². The van der Waals surface area contributed by atoms with Gasteiger partial charge in [0.1, 0.15) is 5.01 Å². The van der Waals surface area contributed by atoms with E-state index in [-0.39, 0.29) is 5.38 Å². The predicted octanol–water partition coefficient (Wildman–Crippen LogP) is 4.11. The summed E-state index contributed by atoms with van der Waals surface area (Å²) in [6.45, 7) is 1.94. The lowest BCUT2D eigenvalue weighted by molar-refractivity contribution is 1.05. The van der Waals surface area contributed by atoms with E-state index in [1.807, 2.05) is 30.5 Å². The fourth-order valence-corrected chi connectivity index (χ4v) is 2.17. The van der Waals surface area contributed by atoms with Crippen molar-refractivity contribution in [2.75, 3.05) is 0 Å². The average Bonchev–Trinajstić information content (AvgIpc) is 2.68. The summed E-state index contributed by atoms with van der Waals surface area (Å²) in [6, 6.07) is 10.1. The van der Waals surface area contributed by atoms with Crippen molar-refractivity contribution >= 4 is 22.9 Å². The van der Waals surface area contributed by atoms with Crippen LogP contribution in [-0.4, -0.2) is 4.98 Å². The fourth-order valence-electron chi connectivity index (χ4n) is 1.21. The van der Waals surface area contributed by atoms with Crippen LogP contribution in [0.5, 0.6) is 0 Å². The first kappa shape index (κ1) is 9.69. The first-order chi connectivity index (χ1) is 6.77. The molecule has 0 N–H and O–H groups in total. The molecule has 0 amide bonds. The van der Waals surface area contributed by atoms with Crippen LogP contribution in [0.25, 0.3) is 11.3 Å². The van der Waals surface area contributed by atoms with Crippen LogP contribution in [0.15, 0.2) is 35.7 Å². The summed E-state index contributed by atoms with van der Waals surface area (Å²) in [7, 11) is 0. The van der Waals surface area contributed by atoms with Crippen molar-refractivity contribution in [3.8, 4) is 11.3 Å². The lowest BCUT2D eigenvalue weighted by atomic mass is 10.2. The third kappa shape index (κ3) is 1.97. The standard InChI is InChI=1S/C11H10ClNS/c1-8(12)11-13-10(7-14-11)9-5-3-2-4-6-9/h2-8H,1H3. The Hall–Kier alpha value is -0.860. The zero-order chi connectivity index (χ0) is 9.97. The molecule has 3 heteroatoms. The van der Waals surface area contributed by atoms with E-state index in [4.69, 9.17) is 11.6 Å². The minimum Gasteiger partial charge on any atom is -0.240 e. The van der Waals surface area contributed by atoms with Crippen molar-refractivity contribution in [1.29, 1.82) is 0 Å². The summed E-state index contributed by atoms with van der Waals surface area (Å²) in [5.41, 5.74) is 2.16. The van der Waals surface area contributed by atoms with Crippen LogP contribution in [0.4, 0.5) is 0 Å². The molecule has 0 radical (unpaired) electrons. The van der Waals surface area contributed by atoms with E-state index in [1.54, 1.807) is 11.3 Å². The second-order valence-electron chi connectivity index (χ2n) is 3.05. The van der Waals surface area contributed by atoms with Crippen LogP contribution in [0.2, 0.25) is 0 Å². The highest BCUT2D eigenvalue weighted by Gasteiger charge is 2.07. The van der Waals surface area contributed by atoms with Crippen LogP contribution in [0.1, 0.15) is 17.3 Å². The molecular formula is C11H10ClNS. The maximum Gasteiger partial charge on any atom is 0.111 e. The lowest BCUT2D eigenvalue weighted by Crippen LogP contribution is -1.82. The molecule has 0 spiro atoms. The lowest BCUT2D eigenvalue weighted by Gasteiger charge is -1.96. The zero-order valence-corrected chi connectivity index (χ0v) is 9.35. The third-order valence-electron chi connectivity index (χ3n) is 1.93. The summed E-state index contributed by atoms with van der Waals surface area (Å²) in [5, 5.41) is 3.02. The van der Waals surface area contributed by atoms with Crippen molar-refractivity contribution in [3.05, 3.63) is 40.7 Å². The quantitative estimate of drug-likeness (QED) is 0.699. The van der Waals surface area contributed by atoms with Crippen LogP contribution < -0.4 is 0 Å². The number of hydrogen-bond acceptors (Lipinski definition) is 2. The van der Waals surface area contributed by atoms with Gasteiger partial charge in [-0.2, -0.15) is 0 Å². The minimum absolute atomic E-state index is 0.00235. The minimum atomic E-state index is -0.00235.